The fraction of sp³-hybridized carbons (Fsp3) is 0.650. The van der Waals surface area contributed by atoms with Gasteiger partial charge in [-0.2, -0.15) is 0 Å². The predicted octanol–water partition coefficient (Wildman–Crippen LogP) is 4.72. The summed E-state index contributed by atoms with van der Waals surface area (Å²) in [5, 5.41) is 10.1. The Kier molecular flexibility index (Phi) is 4.09. The molecule has 0 aliphatic heterocycles. The monoisotopic (exact) mass is 358 g/mol. The van der Waals surface area contributed by atoms with Crippen molar-refractivity contribution in [2.75, 3.05) is 7.11 Å². The number of methoxy groups -OCH3 is 1. The van der Waals surface area contributed by atoms with Gasteiger partial charge in [-0.1, -0.05) is 11.6 Å². The molecule has 0 saturated heterocycles. The summed E-state index contributed by atoms with van der Waals surface area (Å²) in [6.07, 6.45) is 8.71. The molecule has 2 aromatic heterocycles. The molecule has 0 aromatic carbocycles. The number of hydrogen-bond donors (Lipinski definition) is 1. The van der Waals surface area contributed by atoms with E-state index in [1.807, 2.05) is 11.4 Å². The summed E-state index contributed by atoms with van der Waals surface area (Å²) in [6, 6.07) is 4.70. The van der Waals surface area contributed by atoms with Crippen LogP contribution < -0.4 is 10.1 Å². The molecule has 2 aromatic rings. The first-order chi connectivity index (χ1) is 12.3. The Morgan fingerprint density at radius 3 is 3.08 bits per heavy atom. The molecular formula is C20H26N2O2S. The van der Waals surface area contributed by atoms with Crippen LogP contribution in [0, 0.1) is 23.7 Å². The van der Waals surface area contributed by atoms with Crippen molar-refractivity contribution in [1.82, 2.24) is 10.5 Å². The zero-order valence-corrected chi connectivity index (χ0v) is 15.6. The summed E-state index contributed by atoms with van der Waals surface area (Å²) < 4.78 is 11.0. The number of hydrogen-bond acceptors (Lipinski definition) is 5. The Hall–Kier alpha value is -1.33. The van der Waals surface area contributed by atoms with E-state index in [2.05, 4.69) is 16.5 Å². The molecule has 5 rings (SSSR count). The lowest BCUT2D eigenvalue weighted by molar-refractivity contribution is 0.00592. The minimum Gasteiger partial charge on any atom is -0.495 e. The molecule has 25 heavy (non-hydrogen) atoms. The Bertz CT molecular complexity index is 734. The van der Waals surface area contributed by atoms with Crippen molar-refractivity contribution in [3.05, 3.63) is 23.2 Å². The summed E-state index contributed by atoms with van der Waals surface area (Å²) >= 11 is 1.63. The quantitative estimate of drug-likeness (QED) is 0.840. The summed E-state index contributed by atoms with van der Waals surface area (Å²) in [4.78, 5) is 1.02. The molecule has 0 radical (unpaired) electrons. The van der Waals surface area contributed by atoms with Crippen LogP contribution in [0.15, 0.2) is 22.0 Å². The van der Waals surface area contributed by atoms with Gasteiger partial charge in [0.25, 0.3) is 0 Å². The first kappa shape index (κ1) is 15.9. The van der Waals surface area contributed by atoms with Gasteiger partial charge in [-0.05, 0) is 67.2 Å². The molecule has 2 heterocycles. The molecular weight excluding hydrogens is 332 g/mol. The fourth-order valence-electron chi connectivity index (χ4n) is 5.73. The van der Waals surface area contributed by atoms with Crippen molar-refractivity contribution in [3.63, 3.8) is 0 Å². The van der Waals surface area contributed by atoms with E-state index in [1.54, 1.807) is 18.4 Å². The SMILES string of the molecule is COc1ccsc1-c1cc(CNC2CC3CC4CCC2C(C4)C3)no1. The summed E-state index contributed by atoms with van der Waals surface area (Å²) in [5.41, 5.74) is 0.995. The molecule has 1 N–H and O–H groups in total. The van der Waals surface area contributed by atoms with Crippen molar-refractivity contribution < 1.29 is 9.26 Å². The number of nitrogens with one attached hydrogen (secondary N) is 1. The van der Waals surface area contributed by atoms with Gasteiger partial charge in [-0.25, -0.2) is 0 Å². The third-order valence-electron chi connectivity index (χ3n) is 6.73. The molecule has 5 unspecified atom stereocenters. The lowest BCUT2D eigenvalue weighted by Gasteiger charge is -2.52. The average Bonchev–Trinajstić information content (AvgIpc) is 3.26. The van der Waals surface area contributed by atoms with Gasteiger partial charge in [0, 0.05) is 18.7 Å². The van der Waals surface area contributed by atoms with Gasteiger partial charge in [-0.15, -0.1) is 11.3 Å². The highest BCUT2D eigenvalue weighted by Crippen LogP contribution is 2.52. The zero-order valence-electron chi connectivity index (χ0n) is 14.7. The van der Waals surface area contributed by atoms with E-state index in [0.29, 0.717) is 6.04 Å². The van der Waals surface area contributed by atoms with E-state index in [-0.39, 0.29) is 0 Å². The number of fused-ring (bicyclic) bond motifs is 2. The second kappa shape index (κ2) is 6.44. The minimum atomic E-state index is 0.668. The number of rotatable bonds is 5. The lowest BCUT2D eigenvalue weighted by atomic mass is 9.56. The highest BCUT2D eigenvalue weighted by Gasteiger charge is 2.45. The molecule has 3 aliphatic rings. The van der Waals surface area contributed by atoms with Gasteiger partial charge in [0.1, 0.15) is 10.6 Å². The maximum atomic E-state index is 5.57. The molecule has 0 amide bonds. The van der Waals surface area contributed by atoms with Crippen LogP contribution in [-0.2, 0) is 6.54 Å². The van der Waals surface area contributed by atoms with Gasteiger partial charge >= 0.3 is 0 Å². The second-order valence-corrected chi connectivity index (χ2v) is 9.08. The normalized spacial score (nSPS) is 33.6. The largest absolute Gasteiger partial charge is 0.495 e. The molecule has 4 nitrogen and oxygen atoms in total. The maximum Gasteiger partial charge on any atom is 0.180 e. The first-order valence-corrected chi connectivity index (χ1v) is 10.5. The fourth-order valence-corrected chi connectivity index (χ4v) is 6.54. The third-order valence-corrected chi connectivity index (χ3v) is 7.64. The highest BCUT2D eigenvalue weighted by molar-refractivity contribution is 7.13. The lowest BCUT2D eigenvalue weighted by Crippen LogP contribution is -2.50. The number of aromatic nitrogens is 1. The molecule has 3 bridgehead atoms. The van der Waals surface area contributed by atoms with E-state index in [1.165, 1.54) is 38.5 Å². The van der Waals surface area contributed by atoms with Gasteiger partial charge in [0.05, 0.1) is 12.8 Å². The summed E-state index contributed by atoms with van der Waals surface area (Å²) in [7, 11) is 1.69. The number of nitrogens with zero attached hydrogens (tertiary/aromatic N) is 1. The van der Waals surface area contributed by atoms with Crippen LogP contribution in [0.5, 0.6) is 5.75 Å². The second-order valence-electron chi connectivity index (χ2n) is 8.16. The van der Waals surface area contributed by atoms with Crippen molar-refractivity contribution in [3.8, 4) is 16.4 Å². The van der Waals surface area contributed by atoms with Gasteiger partial charge in [0.2, 0.25) is 0 Å². The Morgan fingerprint density at radius 2 is 2.16 bits per heavy atom. The van der Waals surface area contributed by atoms with Crippen LogP contribution in [0.2, 0.25) is 0 Å². The van der Waals surface area contributed by atoms with Crippen molar-refractivity contribution in [1.29, 1.82) is 0 Å². The third kappa shape index (κ3) is 2.91. The molecule has 3 fully saturated rings. The average molecular weight is 359 g/mol. The zero-order chi connectivity index (χ0) is 16.8. The van der Waals surface area contributed by atoms with Gasteiger partial charge in [-0.3, -0.25) is 0 Å². The Labute approximate surface area is 152 Å². The van der Waals surface area contributed by atoms with Crippen LogP contribution in [0.3, 0.4) is 0 Å². The maximum absolute atomic E-state index is 5.57. The summed E-state index contributed by atoms with van der Waals surface area (Å²) in [5.74, 6) is 5.53. The predicted molar refractivity (Wildman–Crippen MR) is 98.7 cm³/mol. The van der Waals surface area contributed by atoms with Crippen molar-refractivity contribution in [2.45, 2.75) is 51.1 Å². The molecule has 5 atom stereocenters. The van der Waals surface area contributed by atoms with E-state index in [0.717, 1.165) is 52.3 Å². The van der Waals surface area contributed by atoms with Gasteiger partial charge < -0.3 is 14.6 Å². The molecule has 3 saturated carbocycles. The molecule has 0 spiro atoms. The molecule has 5 heteroatoms. The topological polar surface area (TPSA) is 47.3 Å². The van der Waals surface area contributed by atoms with Crippen LogP contribution in [0.4, 0.5) is 0 Å². The number of ether oxygens (including phenoxy) is 1. The standard InChI is InChI=1S/C20H26N2O2S/c1-23-18-4-5-25-20(18)19-10-15(22-24-19)11-21-17-9-13-6-12-2-3-16(17)14(7-12)8-13/h4-5,10,12-14,16-17,21H,2-3,6-9,11H2,1H3. The Morgan fingerprint density at radius 1 is 1.24 bits per heavy atom. The van der Waals surface area contributed by atoms with Crippen molar-refractivity contribution in [2.24, 2.45) is 23.7 Å². The molecule has 134 valence electrons. The number of thiophene rings is 1. The first-order valence-electron chi connectivity index (χ1n) is 9.61. The van der Waals surface area contributed by atoms with Crippen molar-refractivity contribution >= 4 is 11.3 Å². The minimum absolute atomic E-state index is 0.668. The van der Waals surface area contributed by atoms with Crippen LogP contribution in [0.1, 0.15) is 44.2 Å². The van der Waals surface area contributed by atoms with E-state index in [4.69, 9.17) is 9.26 Å². The van der Waals surface area contributed by atoms with Crippen LogP contribution in [0.25, 0.3) is 10.6 Å². The smallest absolute Gasteiger partial charge is 0.180 e. The van der Waals surface area contributed by atoms with Gasteiger partial charge in [0.15, 0.2) is 5.76 Å². The van der Waals surface area contributed by atoms with Crippen LogP contribution in [-0.4, -0.2) is 18.3 Å². The van der Waals surface area contributed by atoms with E-state index in [9.17, 15) is 0 Å². The van der Waals surface area contributed by atoms with E-state index >= 15 is 0 Å². The summed E-state index contributed by atoms with van der Waals surface area (Å²) in [6.45, 7) is 0.807. The highest BCUT2D eigenvalue weighted by atomic mass is 32.1. The van der Waals surface area contributed by atoms with Crippen LogP contribution >= 0.6 is 11.3 Å². The Balaban J connectivity index is 1.26. The van der Waals surface area contributed by atoms with E-state index < -0.39 is 0 Å². The molecule has 3 aliphatic carbocycles.